The summed E-state index contributed by atoms with van der Waals surface area (Å²) in [6.07, 6.45) is 1.22. The Bertz CT molecular complexity index is 579. The van der Waals surface area contributed by atoms with Gasteiger partial charge in [-0.1, -0.05) is 6.07 Å². The number of nitrogen functional groups attached to an aromatic ring is 1. The third kappa shape index (κ3) is 3.21. The lowest BCUT2D eigenvalue weighted by atomic mass is 10.3. The number of anilines is 1. The monoisotopic (exact) mass is 283 g/mol. The second-order valence-electron chi connectivity index (χ2n) is 4.44. The number of amidine groups is 1. The molecule has 8 heteroatoms. The molecule has 0 bridgehead atoms. The highest BCUT2D eigenvalue weighted by atomic mass is 32.2. The van der Waals surface area contributed by atoms with Gasteiger partial charge in [0.25, 0.3) is 0 Å². The van der Waals surface area contributed by atoms with E-state index in [9.17, 15) is 8.42 Å². The molecular weight excluding hydrogens is 266 g/mol. The molecule has 0 spiro atoms. The van der Waals surface area contributed by atoms with Crippen LogP contribution in [0.15, 0.2) is 18.2 Å². The van der Waals surface area contributed by atoms with E-state index in [1.54, 1.807) is 12.1 Å². The Labute approximate surface area is 112 Å². The smallest absolute Gasteiger partial charge is 0.211 e. The fraction of sp³-hybridized carbons (Fsp3) is 0.455. The topological polar surface area (TPSA) is 103 Å². The Balaban J connectivity index is 2.10. The summed E-state index contributed by atoms with van der Waals surface area (Å²) in [5, 5.41) is 7.37. The Morgan fingerprint density at radius 3 is 2.47 bits per heavy atom. The van der Waals surface area contributed by atoms with Crippen LogP contribution in [0.1, 0.15) is 5.69 Å². The Kier molecular flexibility index (Phi) is 3.72. The predicted molar refractivity (Wildman–Crippen MR) is 73.9 cm³/mol. The summed E-state index contributed by atoms with van der Waals surface area (Å²) in [6.45, 7) is 2.07. The summed E-state index contributed by atoms with van der Waals surface area (Å²) in [4.78, 5) is 6.29. The molecule has 0 unspecified atom stereocenters. The first-order chi connectivity index (χ1) is 8.88. The van der Waals surface area contributed by atoms with Crippen molar-refractivity contribution in [2.24, 2.45) is 5.73 Å². The molecule has 0 aliphatic carbocycles. The molecule has 1 aromatic heterocycles. The minimum atomic E-state index is -3.12. The van der Waals surface area contributed by atoms with Crippen molar-refractivity contribution in [3.63, 3.8) is 0 Å². The highest BCUT2D eigenvalue weighted by Gasteiger charge is 2.24. The Hall–Kier alpha value is -1.67. The van der Waals surface area contributed by atoms with E-state index in [1.807, 2.05) is 11.0 Å². The summed E-state index contributed by atoms with van der Waals surface area (Å²) in [6, 6.07) is 5.31. The summed E-state index contributed by atoms with van der Waals surface area (Å²) in [5.41, 5.74) is 5.84. The van der Waals surface area contributed by atoms with Gasteiger partial charge in [0, 0.05) is 26.2 Å². The van der Waals surface area contributed by atoms with E-state index >= 15 is 0 Å². The lowest BCUT2D eigenvalue weighted by molar-refractivity contribution is 0.387. The number of nitrogens with zero attached hydrogens (tertiary/aromatic N) is 3. The summed E-state index contributed by atoms with van der Waals surface area (Å²) in [7, 11) is -3.12. The van der Waals surface area contributed by atoms with Crippen LogP contribution in [0.4, 0.5) is 5.82 Å². The number of hydrogen-bond acceptors (Lipinski definition) is 5. The van der Waals surface area contributed by atoms with Gasteiger partial charge in [0.2, 0.25) is 10.0 Å². The molecule has 0 amide bonds. The second-order valence-corrected chi connectivity index (χ2v) is 6.43. The van der Waals surface area contributed by atoms with Crippen molar-refractivity contribution in [2.75, 3.05) is 37.3 Å². The molecule has 104 valence electrons. The SMILES string of the molecule is CS(=O)(=O)N1CCN(c2cccc(C(=N)N)n2)CC1. The van der Waals surface area contributed by atoms with Gasteiger partial charge < -0.3 is 10.6 Å². The van der Waals surface area contributed by atoms with Crippen LogP contribution in [0.5, 0.6) is 0 Å². The first kappa shape index (κ1) is 13.8. The molecule has 0 atom stereocenters. The standard InChI is InChI=1S/C11H17N5O2S/c1-19(17,18)16-7-5-15(6-8-16)10-4-2-3-9(14-10)11(12)13/h2-4H,5-8H2,1H3,(H3,12,13). The number of rotatable bonds is 3. The highest BCUT2D eigenvalue weighted by Crippen LogP contribution is 2.15. The molecule has 0 aromatic carbocycles. The van der Waals surface area contributed by atoms with Crippen LogP contribution in [-0.4, -0.2) is 56.0 Å². The van der Waals surface area contributed by atoms with Gasteiger partial charge >= 0.3 is 0 Å². The quantitative estimate of drug-likeness (QED) is 0.572. The van der Waals surface area contributed by atoms with E-state index in [4.69, 9.17) is 11.1 Å². The van der Waals surface area contributed by atoms with Crippen molar-refractivity contribution >= 4 is 21.7 Å². The zero-order chi connectivity index (χ0) is 14.0. The van der Waals surface area contributed by atoms with Crippen molar-refractivity contribution < 1.29 is 8.42 Å². The number of piperazine rings is 1. The number of hydrogen-bond donors (Lipinski definition) is 2. The lowest BCUT2D eigenvalue weighted by Crippen LogP contribution is -2.48. The van der Waals surface area contributed by atoms with Gasteiger partial charge in [0.1, 0.15) is 17.3 Å². The van der Waals surface area contributed by atoms with Gasteiger partial charge in [-0.25, -0.2) is 13.4 Å². The number of aromatic nitrogens is 1. The van der Waals surface area contributed by atoms with Crippen molar-refractivity contribution in [1.29, 1.82) is 5.41 Å². The largest absolute Gasteiger partial charge is 0.382 e. The molecule has 1 fully saturated rings. The maximum Gasteiger partial charge on any atom is 0.211 e. The Morgan fingerprint density at radius 1 is 1.32 bits per heavy atom. The molecule has 2 rings (SSSR count). The van der Waals surface area contributed by atoms with Crippen LogP contribution in [0.25, 0.3) is 0 Å². The van der Waals surface area contributed by atoms with Gasteiger partial charge in [0.15, 0.2) is 0 Å². The summed E-state index contributed by atoms with van der Waals surface area (Å²) >= 11 is 0. The first-order valence-corrected chi connectivity index (χ1v) is 7.74. The van der Waals surface area contributed by atoms with Gasteiger partial charge in [-0.3, -0.25) is 5.41 Å². The van der Waals surface area contributed by atoms with Gasteiger partial charge in [-0.2, -0.15) is 4.31 Å². The molecule has 0 saturated carbocycles. The van der Waals surface area contributed by atoms with Crippen LogP contribution in [0.2, 0.25) is 0 Å². The normalized spacial score (nSPS) is 17.4. The van der Waals surface area contributed by atoms with Crippen LogP contribution >= 0.6 is 0 Å². The molecule has 1 aliphatic heterocycles. The van der Waals surface area contributed by atoms with E-state index in [1.165, 1.54) is 10.6 Å². The minimum absolute atomic E-state index is 0.0726. The number of pyridine rings is 1. The molecule has 2 heterocycles. The summed E-state index contributed by atoms with van der Waals surface area (Å²) < 4.78 is 24.3. The van der Waals surface area contributed by atoms with E-state index in [2.05, 4.69) is 4.98 Å². The van der Waals surface area contributed by atoms with Crippen molar-refractivity contribution in [3.8, 4) is 0 Å². The number of nitrogens with one attached hydrogen (secondary N) is 1. The third-order valence-electron chi connectivity index (χ3n) is 3.04. The van der Waals surface area contributed by atoms with Gasteiger partial charge in [0.05, 0.1) is 6.26 Å². The molecule has 3 N–H and O–H groups in total. The fourth-order valence-corrected chi connectivity index (χ4v) is 2.82. The third-order valence-corrected chi connectivity index (χ3v) is 4.35. The number of nitrogens with two attached hydrogens (primary N) is 1. The van der Waals surface area contributed by atoms with Gasteiger partial charge in [-0.15, -0.1) is 0 Å². The molecule has 1 aliphatic rings. The molecule has 19 heavy (non-hydrogen) atoms. The average Bonchev–Trinajstić information content (AvgIpc) is 2.38. The van der Waals surface area contributed by atoms with Crippen LogP contribution in [-0.2, 0) is 10.0 Å². The molecule has 0 radical (unpaired) electrons. The van der Waals surface area contributed by atoms with Gasteiger partial charge in [-0.05, 0) is 12.1 Å². The zero-order valence-electron chi connectivity index (χ0n) is 10.7. The molecular formula is C11H17N5O2S. The van der Waals surface area contributed by atoms with E-state index < -0.39 is 10.0 Å². The van der Waals surface area contributed by atoms with Crippen LogP contribution in [0, 0.1) is 5.41 Å². The minimum Gasteiger partial charge on any atom is -0.382 e. The predicted octanol–water partition coefficient (Wildman–Crippen LogP) is -0.553. The molecule has 1 aromatic rings. The van der Waals surface area contributed by atoms with E-state index in [0.29, 0.717) is 31.9 Å². The Morgan fingerprint density at radius 2 is 1.95 bits per heavy atom. The molecule has 7 nitrogen and oxygen atoms in total. The van der Waals surface area contributed by atoms with Crippen molar-refractivity contribution in [2.45, 2.75) is 0 Å². The maximum absolute atomic E-state index is 11.4. The van der Waals surface area contributed by atoms with Crippen LogP contribution < -0.4 is 10.6 Å². The highest BCUT2D eigenvalue weighted by molar-refractivity contribution is 7.88. The second kappa shape index (κ2) is 5.14. The van der Waals surface area contributed by atoms with Crippen molar-refractivity contribution in [1.82, 2.24) is 9.29 Å². The van der Waals surface area contributed by atoms with Crippen molar-refractivity contribution in [3.05, 3.63) is 23.9 Å². The lowest BCUT2D eigenvalue weighted by Gasteiger charge is -2.34. The maximum atomic E-state index is 11.4. The molecule has 1 saturated heterocycles. The average molecular weight is 283 g/mol. The van der Waals surface area contributed by atoms with Crippen LogP contribution in [0.3, 0.4) is 0 Å². The zero-order valence-corrected chi connectivity index (χ0v) is 11.5. The number of sulfonamides is 1. The van der Waals surface area contributed by atoms with E-state index in [0.717, 1.165) is 5.82 Å². The fourth-order valence-electron chi connectivity index (χ4n) is 2.00. The first-order valence-electron chi connectivity index (χ1n) is 5.89. The van der Waals surface area contributed by atoms with E-state index in [-0.39, 0.29) is 5.84 Å². The summed E-state index contributed by atoms with van der Waals surface area (Å²) in [5.74, 6) is 0.650.